The molecule has 0 N–H and O–H groups in total. The fourth-order valence-corrected chi connectivity index (χ4v) is 1.36. The van der Waals surface area contributed by atoms with Crippen LogP contribution in [0.1, 0.15) is 18.4 Å². The molecular formula is C12H11N3. The van der Waals surface area contributed by atoms with E-state index in [1.165, 1.54) is 0 Å². The van der Waals surface area contributed by atoms with Gasteiger partial charge in [-0.25, -0.2) is 4.68 Å². The van der Waals surface area contributed by atoms with Crippen LogP contribution in [0.4, 0.5) is 0 Å². The highest BCUT2D eigenvalue weighted by Crippen LogP contribution is 2.15. The summed E-state index contributed by atoms with van der Waals surface area (Å²) in [5, 5.41) is 13.0. The fourth-order valence-electron chi connectivity index (χ4n) is 1.36. The summed E-state index contributed by atoms with van der Waals surface area (Å²) >= 11 is 0. The molecule has 1 heterocycles. The summed E-state index contributed by atoms with van der Waals surface area (Å²) in [6, 6.07) is 12.0. The van der Waals surface area contributed by atoms with Crippen LogP contribution in [0.15, 0.2) is 42.7 Å². The van der Waals surface area contributed by atoms with E-state index in [9.17, 15) is 0 Å². The van der Waals surface area contributed by atoms with Gasteiger partial charge in [-0.3, -0.25) is 0 Å². The predicted molar refractivity (Wildman–Crippen MR) is 57.6 cm³/mol. The Bertz CT molecular complexity index is 479. The first-order valence-corrected chi connectivity index (χ1v) is 4.81. The first-order chi connectivity index (χ1) is 7.31. The summed E-state index contributed by atoms with van der Waals surface area (Å²) in [4.78, 5) is 0. The van der Waals surface area contributed by atoms with E-state index < -0.39 is 0 Å². The van der Waals surface area contributed by atoms with Gasteiger partial charge in [0.1, 0.15) is 0 Å². The summed E-state index contributed by atoms with van der Waals surface area (Å²) in [5.74, 6) is -0.109. The number of rotatable bonds is 2. The standard InChI is InChI=1S/C12H11N3/c1-10(7-13)11-8-14-15(9-11)12-5-3-2-4-6-12/h2-6,8-10H,1H3. The lowest BCUT2D eigenvalue weighted by Gasteiger charge is -1.99. The van der Waals surface area contributed by atoms with E-state index in [1.807, 2.05) is 43.5 Å². The molecule has 0 bridgehead atoms. The highest BCUT2D eigenvalue weighted by Gasteiger charge is 2.06. The molecule has 0 amide bonds. The highest BCUT2D eigenvalue weighted by atomic mass is 15.3. The number of hydrogen-bond acceptors (Lipinski definition) is 2. The predicted octanol–water partition coefficient (Wildman–Crippen LogP) is 2.50. The van der Waals surface area contributed by atoms with Crippen molar-refractivity contribution < 1.29 is 0 Å². The van der Waals surface area contributed by atoms with Crippen molar-refractivity contribution in [3.8, 4) is 11.8 Å². The molecule has 0 saturated heterocycles. The van der Waals surface area contributed by atoms with Crippen LogP contribution in [-0.4, -0.2) is 9.78 Å². The van der Waals surface area contributed by atoms with Gasteiger partial charge < -0.3 is 0 Å². The van der Waals surface area contributed by atoms with Crippen LogP contribution < -0.4 is 0 Å². The number of hydrogen-bond donors (Lipinski definition) is 0. The van der Waals surface area contributed by atoms with E-state index in [2.05, 4.69) is 11.2 Å². The van der Waals surface area contributed by atoms with Gasteiger partial charge in [0, 0.05) is 11.8 Å². The molecule has 0 aliphatic rings. The highest BCUT2D eigenvalue weighted by molar-refractivity contribution is 5.32. The van der Waals surface area contributed by atoms with Gasteiger partial charge in [0.25, 0.3) is 0 Å². The van der Waals surface area contributed by atoms with Crippen LogP contribution in [0.2, 0.25) is 0 Å². The second kappa shape index (κ2) is 3.97. The molecule has 0 saturated carbocycles. The lowest BCUT2D eigenvalue weighted by atomic mass is 10.1. The normalized spacial score (nSPS) is 12.0. The van der Waals surface area contributed by atoms with Crippen molar-refractivity contribution in [2.24, 2.45) is 0 Å². The number of aromatic nitrogens is 2. The Hall–Kier alpha value is -2.08. The summed E-state index contributed by atoms with van der Waals surface area (Å²) < 4.78 is 1.78. The molecule has 3 nitrogen and oxygen atoms in total. The Morgan fingerprint density at radius 2 is 2.07 bits per heavy atom. The number of benzene rings is 1. The van der Waals surface area contributed by atoms with Crippen molar-refractivity contribution in [1.29, 1.82) is 5.26 Å². The van der Waals surface area contributed by atoms with E-state index in [1.54, 1.807) is 10.9 Å². The number of nitriles is 1. The van der Waals surface area contributed by atoms with Gasteiger partial charge in [-0.1, -0.05) is 18.2 Å². The lowest BCUT2D eigenvalue weighted by Crippen LogP contribution is -1.93. The van der Waals surface area contributed by atoms with Crippen molar-refractivity contribution in [2.45, 2.75) is 12.8 Å². The van der Waals surface area contributed by atoms with Crippen molar-refractivity contribution in [3.63, 3.8) is 0 Å². The molecular weight excluding hydrogens is 186 g/mol. The molecule has 0 spiro atoms. The molecule has 0 fully saturated rings. The molecule has 1 aromatic heterocycles. The monoisotopic (exact) mass is 197 g/mol. The second-order valence-corrected chi connectivity index (χ2v) is 3.40. The van der Waals surface area contributed by atoms with Gasteiger partial charge in [0.15, 0.2) is 0 Å². The third kappa shape index (κ3) is 1.89. The van der Waals surface area contributed by atoms with E-state index in [4.69, 9.17) is 5.26 Å². The molecule has 2 rings (SSSR count). The first kappa shape index (κ1) is 9.47. The van der Waals surface area contributed by atoms with E-state index in [0.717, 1.165) is 11.3 Å². The molecule has 1 unspecified atom stereocenters. The van der Waals surface area contributed by atoms with Crippen LogP contribution in [0.5, 0.6) is 0 Å². The third-order valence-corrected chi connectivity index (χ3v) is 2.32. The smallest absolute Gasteiger partial charge is 0.0715 e. The van der Waals surface area contributed by atoms with Gasteiger partial charge in [-0.2, -0.15) is 10.4 Å². The van der Waals surface area contributed by atoms with Crippen molar-refractivity contribution in [1.82, 2.24) is 9.78 Å². The van der Waals surface area contributed by atoms with Crippen molar-refractivity contribution in [3.05, 3.63) is 48.3 Å². The largest absolute Gasteiger partial charge is 0.241 e. The lowest BCUT2D eigenvalue weighted by molar-refractivity contribution is 0.878. The topological polar surface area (TPSA) is 41.6 Å². The minimum Gasteiger partial charge on any atom is -0.241 e. The van der Waals surface area contributed by atoms with Crippen LogP contribution in [0, 0.1) is 11.3 Å². The quantitative estimate of drug-likeness (QED) is 0.742. The third-order valence-electron chi connectivity index (χ3n) is 2.32. The zero-order chi connectivity index (χ0) is 10.7. The summed E-state index contributed by atoms with van der Waals surface area (Å²) in [6.07, 6.45) is 3.63. The Balaban J connectivity index is 2.33. The molecule has 1 atom stereocenters. The van der Waals surface area contributed by atoms with Gasteiger partial charge in [0.05, 0.1) is 23.9 Å². The fraction of sp³-hybridized carbons (Fsp3) is 0.167. The van der Waals surface area contributed by atoms with E-state index in [-0.39, 0.29) is 5.92 Å². The number of nitrogens with zero attached hydrogens (tertiary/aromatic N) is 3. The Morgan fingerprint density at radius 3 is 2.73 bits per heavy atom. The van der Waals surface area contributed by atoms with E-state index >= 15 is 0 Å². The number of para-hydroxylation sites is 1. The Kier molecular flexibility index (Phi) is 2.51. The first-order valence-electron chi connectivity index (χ1n) is 4.81. The summed E-state index contributed by atoms with van der Waals surface area (Å²) in [5.41, 5.74) is 1.95. The molecule has 3 heteroatoms. The average Bonchev–Trinajstić information content (AvgIpc) is 2.78. The zero-order valence-corrected chi connectivity index (χ0v) is 8.46. The maximum atomic E-state index is 8.78. The van der Waals surface area contributed by atoms with Crippen molar-refractivity contribution >= 4 is 0 Å². The SMILES string of the molecule is CC(C#N)c1cnn(-c2ccccc2)c1. The van der Waals surface area contributed by atoms with Crippen LogP contribution >= 0.6 is 0 Å². The maximum Gasteiger partial charge on any atom is 0.0715 e. The van der Waals surface area contributed by atoms with Crippen molar-refractivity contribution in [2.75, 3.05) is 0 Å². The Morgan fingerprint density at radius 1 is 1.33 bits per heavy atom. The molecule has 74 valence electrons. The zero-order valence-electron chi connectivity index (χ0n) is 8.46. The van der Waals surface area contributed by atoms with Gasteiger partial charge in [-0.05, 0) is 19.1 Å². The van der Waals surface area contributed by atoms with Crippen LogP contribution in [-0.2, 0) is 0 Å². The minimum absolute atomic E-state index is 0.109. The van der Waals surface area contributed by atoms with Crippen LogP contribution in [0.3, 0.4) is 0 Å². The maximum absolute atomic E-state index is 8.78. The Labute approximate surface area is 88.6 Å². The molecule has 2 aromatic rings. The van der Waals surface area contributed by atoms with Crippen LogP contribution in [0.25, 0.3) is 5.69 Å². The van der Waals surface area contributed by atoms with Gasteiger partial charge >= 0.3 is 0 Å². The minimum atomic E-state index is -0.109. The molecule has 0 radical (unpaired) electrons. The molecule has 0 aliphatic heterocycles. The van der Waals surface area contributed by atoms with Gasteiger partial charge in [-0.15, -0.1) is 0 Å². The average molecular weight is 197 g/mol. The molecule has 0 aliphatic carbocycles. The second-order valence-electron chi connectivity index (χ2n) is 3.40. The molecule has 15 heavy (non-hydrogen) atoms. The molecule has 1 aromatic carbocycles. The summed E-state index contributed by atoms with van der Waals surface area (Å²) in [7, 11) is 0. The summed E-state index contributed by atoms with van der Waals surface area (Å²) in [6.45, 7) is 1.87. The van der Waals surface area contributed by atoms with E-state index in [0.29, 0.717) is 0 Å². The van der Waals surface area contributed by atoms with Gasteiger partial charge in [0.2, 0.25) is 0 Å².